The zero-order valence-electron chi connectivity index (χ0n) is 10.1. The number of carbonyl (C=O) groups excluding carboxylic acids is 2. The molecule has 1 saturated heterocycles. The van der Waals surface area contributed by atoms with Crippen LogP contribution < -0.4 is 11.1 Å². The van der Waals surface area contributed by atoms with E-state index in [0.717, 1.165) is 0 Å². The van der Waals surface area contributed by atoms with Gasteiger partial charge in [-0.1, -0.05) is 0 Å². The number of urea groups is 1. The summed E-state index contributed by atoms with van der Waals surface area (Å²) in [7, 11) is 1.34. The minimum Gasteiger partial charge on any atom is -0.479 e. The number of primary amides is 1. The molecule has 8 nitrogen and oxygen atoms in total. The van der Waals surface area contributed by atoms with Crippen LogP contribution in [0.25, 0.3) is 0 Å². The molecule has 0 radical (unpaired) electrons. The molecule has 0 atom stereocenters. The molecule has 0 unspecified atom stereocenters. The molecule has 0 bridgehead atoms. The molecule has 1 rings (SSSR count). The highest BCUT2D eigenvalue weighted by atomic mass is 16.5. The van der Waals surface area contributed by atoms with Crippen molar-refractivity contribution in [1.29, 1.82) is 0 Å². The molecule has 0 aromatic carbocycles. The molecule has 0 aliphatic carbocycles. The molecule has 18 heavy (non-hydrogen) atoms. The number of nitrogens with zero attached hydrogens (tertiary/aromatic N) is 1. The lowest BCUT2D eigenvalue weighted by molar-refractivity contribution is -0.167. The van der Waals surface area contributed by atoms with Gasteiger partial charge in [0.1, 0.15) is 0 Å². The first-order chi connectivity index (χ1) is 8.41. The van der Waals surface area contributed by atoms with Crippen LogP contribution in [0.2, 0.25) is 0 Å². The predicted molar refractivity (Wildman–Crippen MR) is 60.8 cm³/mol. The molecule has 1 aliphatic heterocycles. The van der Waals surface area contributed by atoms with Crippen LogP contribution in [-0.4, -0.2) is 60.3 Å². The number of rotatable bonds is 4. The van der Waals surface area contributed by atoms with Gasteiger partial charge in [-0.2, -0.15) is 0 Å². The number of carboxylic acids is 1. The van der Waals surface area contributed by atoms with Gasteiger partial charge in [0.25, 0.3) is 0 Å². The first-order valence-corrected chi connectivity index (χ1v) is 5.51. The van der Waals surface area contributed by atoms with Crippen LogP contribution >= 0.6 is 0 Å². The molecule has 4 N–H and O–H groups in total. The van der Waals surface area contributed by atoms with Crippen LogP contribution in [-0.2, 0) is 14.3 Å². The maximum absolute atomic E-state index is 11.6. The molecule has 8 heteroatoms. The van der Waals surface area contributed by atoms with Crippen LogP contribution in [0.15, 0.2) is 0 Å². The van der Waals surface area contributed by atoms with E-state index >= 15 is 0 Å². The van der Waals surface area contributed by atoms with Gasteiger partial charge in [0.15, 0.2) is 5.60 Å². The monoisotopic (exact) mass is 259 g/mol. The van der Waals surface area contributed by atoms with E-state index in [0.29, 0.717) is 0 Å². The summed E-state index contributed by atoms with van der Waals surface area (Å²) >= 11 is 0. The molecule has 1 aliphatic rings. The molecule has 1 heterocycles. The van der Waals surface area contributed by atoms with Crippen molar-refractivity contribution in [2.75, 3.05) is 26.7 Å². The van der Waals surface area contributed by atoms with Crippen molar-refractivity contribution in [3.63, 3.8) is 0 Å². The molecular weight excluding hydrogens is 242 g/mol. The number of carbonyl (C=O) groups is 3. The van der Waals surface area contributed by atoms with Crippen LogP contribution in [0, 0.1) is 0 Å². The van der Waals surface area contributed by atoms with Crippen LogP contribution in [0.4, 0.5) is 4.79 Å². The molecule has 0 saturated carbocycles. The number of likely N-dealkylation sites (tertiary alicyclic amines) is 1. The Morgan fingerprint density at radius 2 is 1.94 bits per heavy atom. The molecule has 102 valence electrons. The van der Waals surface area contributed by atoms with Crippen LogP contribution in [0.5, 0.6) is 0 Å². The van der Waals surface area contributed by atoms with E-state index in [4.69, 9.17) is 15.6 Å². The Kier molecular flexibility index (Phi) is 4.49. The summed E-state index contributed by atoms with van der Waals surface area (Å²) in [6.07, 6.45) is 0.422. The largest absolute Gasteiger partial charge is 0.479 e. The van der Waals surface area contributed by atoms with E-state index in [2.05, 4.69) is 5.32 Å². The summed E-state index contributed by atoms with van der Waals surface area (Å²) in [5, 5.41) is 11.4. The highest BCUT2D eigenvalue weighted by Gasteiger charge is 2.42. The number of ether oxygens (including phenoxy) is 1. The number of nitrogens with one attached hydrogen (secondary N) is 1. The molecule has 0 spiro atoms. The predicted octanol–water partition coefficient (Wildman–Crippen LogP) is -1.25. The fraction of sp³-hybridized carbons (Fsp3) is 0.700. The third-order valence-corrected chi connectivity index (χ3v) is 3.05. The Labute approximate surface area is 104 Å². The average Bonchev–Trinajstić information content (AvgIpc) is 2.35. The van der Waals surface area contributed by atoms with Gasteiger partial charge in [0.2, 0.25) is 5.91 Å². The topological polar surface area (TPSA) is 122 Å². The summed E-state index contributed by atoms with van der Waals surface area (Å²) in [4.78, 5) is 34.6. The maximum Gasteiger partial charge on any atom is 0.336 e. The highest BCUT2D eigenvalue weighted by Crippen LogP contribution is 2.26. The van der Waals surface area contributed by atoms with Crippen LogP contribution in [0.1, 0.15) is 12.8 Å². The summed E-state index contributed by atoms with van der Waals surface area (Å²) < 4.78 is 5.03. The first-order valence-electron chi connectivity index (χ1n) is 5.51. The lowest BCUT2D eigenvalue weighted by Gasteiger charge is -2.37. The van der Waals surface area contributed by atoms with E-state index in [1.54, 1.807) is 0 Å². The summed E-state index contributed by atoms with van der Waals surface area (Å²) in [6, 6.07) is -0.427. The number of amides is 3. The Balaban J connectivity index is 2.50. The number of hydrogen-bond donors (Lipinski definition) is 3. The van der Waals surface area contributed by atoms with E-state index in [9.17, 15) is 14.4 Å². The standard InChI is InChI=1S/C10H17N3O5/c1-18-10(8(15)16)2-4-13(5-3-10)9(17)12-6-7(11)14/h2-6H2,1H3,(H2,11,14)(H,12,17)(H,15,16). The SMILES string of the molecule is COC1(C(=O)O)CCN(C(=O)NCC(N)=O)CC1. The van der Waals surface area contributed by atoms with Gasteiger partial charge < -0.3 is 25.8 Å². The number of piperidine rings is 1. The number of nitrogens with two attached hydrogens (primary N) is 1. The van der Waals surface area contributed by atoms with E-state index in [1.807, 2.05) is 0 Å². The number of aliphatic carboxylic acids is 1. The molecular formula is C10H17N3O5. The van der Waals surface area contributed by atoms with Gasteiger partial charge >= 0.3 is 12.0 Å². The first kappa shape index (κ1) is 14.2. The lowest BCUT2D eigenvalue weighted by Crippen LogP contribution is -2.54. The smallest absolute Gasteiger partial charge is 0.336 e. The summed E-state index contributed by atoms with van der Waals surface area (Å²) in [6.45, 7) is 0.277. The Bertz CT molecular complexity index is 349. The van der Waals surface area contributed by atoms with Crippen molar-refractivity contribution in [3.8, 4) is 0 Å². The fourth-order valence-electron chi connectivity index (χ4n) is 1.85. The Morgan fingerprint density at radius 1 is 1.39 bits per heavy atom. The average molecular weight is 259 g/mol. The molecule has 3 amide bonds. The number of methoxy groups -OCH3 is 1. The highest BCUT2D eigenvalue weighted by molar-refractivity contribution is 5.83. The summed E-state index contributed by atoms with van der Waals surface area (Å²) in [5.74, 6) is -1.65. The van der Waals surface area contributed by atoms with Crippen molar-refractivity contribution in [3.05, 3.63) is 0 Å². The third-order valence-electron chi connectivity index (χ3n) is 3.05. The normalized spacial score (nSPS) is 18.2. The maximum atomic E-state index is 11.6. The Morgan fingerprint density at radius 3 is 2.33 bits per heavy atom. The minimum absolute atomic E-state index is 0.211. The van der Waals surface area contributed by atoms with Gasteiger partial charge in [-0.25, -0.2) is 9.59 Å². The van der Waals surface area contributed by atoms with Crippen molar-refractivity contribution in [2.45, 2.75) is 18.4 Å². The molecule has 0 aromatic heterocycles. The molecule has 0 aromatic rings. The third kappa shape index (κ3) is 3.10. The fourth-order valence-corrected chi connectivity index (χ4v) is 1.85. The van der Waals surface area contributed by atoms with Crippen molar-refractivity contribution in [1.82, 2.24) is 10.2 Å². The van der Waals surface area contributed by atoms with E-state index < -0.39 is 23.5 Å². The minimum atomic E-state index is -1.22. The van der Waals surface area contributed by atoms with Gasteiger partial charge in [0.05, 0.1) is 6.54 Å². The lowest BCUT2D eigenvalue weighted by atomic mass is 9.91. The number of hydrogen-bond acceptors (Lipinski definition) is 4. The van der Waals surface area contributed by atoms with Gasteiger partial charge in [-0.15, -0.1) is 0 Å². The second-order valence-corrected chi connectivity index (χ2v) is 4.12. The van der Waals surface area contributed by atoms with Gasteiger partial charge in [0, 0.05) is 33.0 Å². The van der Waals surface area contributed by atoms with Gasteiger partial charge in [-0.3, -0.25) is 4.79 Å². The quantitative estimate of drug-likeness (QED) is 0.582. The Hall–Kier alpha value is -1.83. The van der Waals surface area contributed by atoms with E-state index in [1.165, 1.54) is 12.0 Å². The van der Waals surface area contributed by atoms with Gasteiger partial charge in [-0.05, 0) is 0 Å². The van der Waals surface area contributed by atoms with Crippen molar-refractivity contribution in [2.24, 2.45) is 5.73 Å². The molecule has 1 fully saturated rings. The van der Waals surface area contributed by atoms with Crippen molar-refractivity contribution < 1.29 is 24.2 Å². The second-order valence-electron chi connectivity index (χ2n) is 4.12. The zero-order valence-corrected chi connectivity index (χ0v) is 10.1. The summed E-state index contributed by atoms with van der Waals surface area (Å²) in [5.41, 5.74) is 3.68. The second kappa shape index (κ2) is 5.67. The van der Waals surface area contributed by atoms with Crippen molar-refractivity contribution >= 4 is 17.9 Å². The number of carboxylic acid groups (broad SMARTS) is 1. The van der Waals surface area contributed by atoms with E-state index in [-0.39, 0.29) is 32.5 Å². The zero-order chi connectivity index (χ0) is 13.8. The van der Waals surface area contributed by atoms with Crippen LogP contribution in [0.3, 0.4) is 0 Å².